The molecule has 0 aromatic carbocycles. The molecule has 3 heteroatoms. The largest absolute Gasteiger partial charge is 0.305 e. The van der Waals surface area contributed by atoms with Gasteiger partial charge in [0.1, 0.15) is 5.65 Å². The Bertz CT molecular complexity index is 431. The maximum absolute atomic E-state index is 5.98. The lowest BCUT2D eigenvalue weighted by Gasteiger charge is -2.07. The molecule has 0 aliphatic carbocycles. The van der Waals surface area contributed by atoms with Crippen molar-refractivity contribution in [2.24, 2.45) is 0 Å². The van der Waals surface area contributed by atoms with Crippen LogP contribution in [-0.2, 0) is 0 Å². The number of rotatable bonds is 1. The van der Waals surface area contributed by atoms with Crippen LogP contribution in [0, 0.1) is 0 Å². The first-order valence-corrected chi connectivity index (χ1v) is 4.68. The van der Waals surface area contributed by atoms with Gasteiger partial charge < -0.3 is 4.40 Å². The first-order chi connectivity index (χ1) is 6.18. The highest BCUT2D eigenvalue weighted by Crippen LogP contribution is 2.22. The van der Waals surface area contributed by atoms with Crippen LogP contribution in [0.15, 0.2) is 24.7 Å². The third-order valence-corrected chi connectivity index (χ3v) is 2.31. The number of halogens is 1. The summed E-state index contributed by atoms with van der Waals surface area (Å²) in [7, 11) is 0. The van der Waals surface area contributed by atoms with Gasteiger partial charge in [0.2, 0.25) is 0 Å². The van der Waals surface area contributed by atoms with Gasteiger partial charge in [-0.15, -0.1) is 0 Å². The first kappa shape index (κ1) is 8.57. The van der Waals surface area contributed by atoms with Crippen molar-refractivity contribution in [3.63, 3.8) is 0 Å². The predicted molar refractivity (Wildman–Crippen MR) is 54.3 cm³/mol. The summed E-state index contributed by atoms with van der Waals surface area (Å²) < 4.78 is 1.96. The van der Waals surface area contributed by atoms with Crippen LogP contribution in [0.5, 0.6) is 0 Å². The van der Waals surface area contributed by atoms with Crippen molar-refractivity contribution in [1.29, 1.82) is 0 Å². The van der Waals surface area contributed by atoms with E-state index in [0.717, 1.165) is 10.7 Å². The molecule has 68 valence electrons. The summed E-state index contributed by atoms with van der Waals surface area (Å²) in [6.07, 6.45) is 5.57. The fourth-order valence-electron chi connectivity index (χ4n) is 1.45. The Morgan fingerprint density at radius 2 is 2.23 bits per heavy atom. The van der Waals surface area contributed by atoms with E-state index in [1.54, 1.807) is 6.20 Å². The molecule has 0 aliphatic heterocycles. The third-order valence-electron chi connectivity index (χ3n) is 2.10. The standard InChI is InChI=1S/C10H11ClN2/c1-7(2)9-5-8(11)6-13-4-3-12-10(9)13/h3-7H,1-2H3. The van der Waals surface area contributed by atoms with Gasteiger partial charge in [-0.1, -0.05) is 25.4 Å². The lowest BCUT2D eigenvalue weighted by molar-refractivity contribution is 0.863. The molecule has 2 aromatic rings. The van der Waals surface area contributed by atoms with Crippen molar-refractivity contribution in [2.75, 3.05) is 0 Å². The van der Waals surface area contributed by atoms with E-state index in [1.807, 2.05) is 22.9 Å². The lowest BCUT2D eigenvalue weighted by Crippen LogP contribution is -1.94. The van der Waals surface area contributed by atoms with Crippen LogP contribution < -0.4 is 0 Å². The summed E-state index contributed by atoms with van der Waals surface area (Å²) in [5.41, 5.74) is 2.19. The Hall–Kier alpha value is -1.02. The summed E-state index contributed by atoms with van der Waals surface area (Å²) in [6, 6.07) is 1.98. The average molecular weight is 195 g/mol. The maximum Gasteiger partial charge on any atom is 0.140 e. The monoisotopic (exact) mass is 194 g/mol. The molecular formula is C10H11ClN2. The van der Waals surface area contributed by atoms with Crippen molar-refractivity contribution in [3.05, 3.63) is 35.2 Å². The highest BCUT2D eigenvalue weighted by atomic mass is 35.5. The zero-order chi connectivity index (χ0) is 9.42. The van der Waals surface area contributed by atoms with Gasteiger partial charge in [-0.2, -0.15) is 0 Å². The second-order valence-electron chi connectivity index (χ2n) is 3.43. The van der Waals surface area contributed by atoms with Crippen LogP contribution >= 0.6 is 11.6 Å². The second kappa shape index (κ2) is 3.04. The second-order valence-corrected chi connectivity index (χ2v) is 3.86. The zero-order valence-corrected chi connectivity index (χ0v) is 8.42. The summed E-state index contributed by atoms with van der Waals surface area (Å²) in [6.45, 7) is 4.28. The van der Waals surface area contributed by atoms with Gasteiger partial charge in [-0.3, -0.25) is 0 Å². The fraction of sp³-hybridized carbons (Fsp3) is 0.300. The molecule has 2 rings (SSSR count). The maximum atomic E-state index is 5.98. The van der Waals surface area contributed by atoms with Gasteiger partial charge in [-0.05, 0) is 17.5 Å². The van der Waals surface area contributed by atoms with Gasteiger partial charge in [0, 0.05) is 18.6 Å². The molecule has 0 saturated carbocycles. The highest BCUT2D eigenvalue weighted by Gasteiger charge is 2.07. The van der Waals surface area contributed by atoms with Crippen molar-refractivity contribution in [2.45, 2.75) is 19.8 Å². The van der Waals surface area contributed by atoms with Crippen LogP contribution in [0.3, 0.4) is 0 Å². The molecule has 0 N–H and O–H groups in total. The van der Waals surface area contributed by atoms with E-state index in [1.165, 1.54) is 5.56 Å². The molecule has 2 nitrogen and oxygen atoms in total. The van der Waals surface area contributed by atoms with Crippen LogP contribution in [0.4, 0.5) is 0 Å². The summed E-state index contributed by atoms with van der Waals surface area (Å²) >= 11 is 5.98. The molecule has 0 spiro atoms. The van der Waals surface area contributed by atoms with Crippen molar-refractivity contribution < 1.29 is 0 Å². The normalized spacial score (nSPS) is 11.4. The van der Waals surface area contributed by atoms with Gasteiger partial charge in [0.15, 0.2) is 0 Å². The molecule has 0 unspecified atom stereocenters. The van der Waals surface area contributed by atoms with Crippen molar-refractivity contribution >= 4 is 17.2 Å². The van der Waals surface area contributed by atoms with E-state index in [9.17, 15) is 0 Å². The Labute approximate surface area is 82.2 Å². The number of hydrogen-bond acceptors (Lipinski definition) is 1. The van der Waals surface area contributed by atoms with Crippen LogP contribution in [0.1, 0.15) is 25.3 Å². The van der Waals surface area contributed by atoms with E-state index >= 15 is 0 Å². The Balaban J connectivity index is 2.77. The molecule has 0 fully saturated rings. The summed E-state index contributed by atoms with van der Waals surface area (Å²) in [5, 5.41) is 0.759. The highest BCUT2D eigenvalue weighted by molar-refractivity contribution is 6.30. The minimum atomic E-state index is 0.448. The van der Waals surface area contributed by atoms with Crippen LogP contribution in [0.2, 0.25) is 5.02 Å². The fourth-order valence-corrected chi connectivity index (χ4v) is 1.67. The number of nitrogens with zero attached hydrogens (tertiary/aromatic N) is 2. The zero-order valence-electron chi connectivity index (χ0n) is 7.66. The van der Waals surface area contributed by atoms with Crippen LogP contribution in [0.25, 0.3) is 5.65 Å². The molecule has 2 heterocycles. The molecule has 2 aromatic heterocycles. The molecule has 0 radical (unpaired) electrons. The molecular weight excluding hydrogens is 184 g/mol. The molecule has 0 saturated heterocycles. The summed E-state index contributed by atoms with van der Waals surface area (Å²) in [5.74, 6) is 0.448. The predicted octanol–water partition coefficient (Wildman–Crippen LogP) is 3.11. The Morgan fingerprint density at radius 1 is 1.46 bits per heavy atom. The Kier molecular flexibility index (Phi) is 2.00. The van der Waals surface area contributed by atoms with Gasteiger partial charge in [-0.25, -0.2) is 4.98 Å². The molecule has 13 heavy (non-hydrogen) atoms. The van der Waals surface area contributed by atoms with E-state index in [4.69, 9.17) is 11.6 Å². The van der Waals surface area contributed by atoms with E-state index in [-0.39, 0.29) is 0 Å². The van der Waals surface area contributed by atoms with E-state index < -0.39 is 0 Å². The van der Waals surface area contributed by atoms with Gasteiger partial charge >= 0.3 is 0 Å². The number of imidazole rings is 1. The number of hydrogen-bond donors (Lipinski definition) is 0. The number of fused-ring (bicyclic) bond motifs is 1. The Morgan fingerprint density at radius 3 is 2.92 bits per heavy atom. The average Bonchev–Trinajstić information content (AvgIpc) is 2.49. The smallest absolute Gasteiger partial charge is 0.140 e. The lowest BCUT2D eigenvalue weighted by atomic mass is 10.1. The topological polar surface area (TPSA) is 17.3 Å². The minimum absolute atomic E-state index is 0.448. The van der Waals surface area contributed by atoms with Crippen molar-refractivity contribution in [3.8, 4) is 0 Å². The number of aromatic nitrogens is 2. The van der Waals surface area contributed by atoms with Gasteiger partial charge in [0.05, 0.1) is 5.02 Å². The van der Waals surface area contributed by atoms with E-state index in [0.29, 0.717) is 5.92 Å². The summed E-state index contributed by atoms with van der Waals surface area (Å²) in [4.78, 5) is 4.29. The third kappa shape index (κ3) is 1.42. The SMILES string of the molecule is CC(C)c1cc(Cl)cn2ccnc12. The molecule has 0 atom stereocenters. The number of pyridine rings is 1. The minimum Gasteiger partial charge on any atom is -0.305 e. The molecule has 0 amide bonds. The van der Waals surface area contributed by atoms with Crippen LogP contribution in [-0.4, -0.2) is 9.38 Å². The quantitative estimate of drug-likeness (QED) is 0.682. The van der Waals surface area contributed by atoms with Crippen molar-refractivity contribution in [1.82, 2.24) is 9.38 Å². The van der Waals surface area contributed by atoms with E-state index in [2.05, 4.69) is 18.8 Å². The van der Waals surface area contributed by atoms with Gasteiger partial charge in [0.25, 0.3) is 0 Å². The first-order valence-electron chi connectivity index (χ1n) is 4.30. The molecule has 0 aliphatic rings. The molecule has 0 bridgehead atoms.